The number of rotatable bonds is 7. The lowest BCUT2D eigenvalue weighted by Gasteiger charge is -2.11. The van der Waals surface area contributed by atoms with Gasteiger partial charge in [0.1, 0.15) is 12.2 Å². The second-order valence-corrected chi connectivity index (χ2v) is 5.50. The second-order valence-electron chi connectivity index (χ2n) is 5.50. The van der Waals surface area contributed by atoms with Gasteiger partial charge in [-0.3, -0.25) is 0 Å². The van der Waals surface area contributed by atoms with Gasteiger partial charge in [0.05, 0.1) is 7.11 Å². The van der Waals surface area contributed by atoms with Crippen LogP contribution in [0.5, 0.6) is 5.88 Å². The van der Waals surface area contributed by atoms with Crippen LogP contribution in [-0.2, 0) is 17.5 Å². The summed E-state index contributed by atoms with van der Waals surface area (Å²) < 4.78 is 48.5. The number of carbonyl (C=O) groups is 1. The first kappa shape index (κ1) is 20.3. The van der Waals surface area contributed by atoms with Crippen molar-refractivity contribution in [2.45, 2.75) is 19.2 Å². The summed E-state index contributed by atoms with van der Waals surface area (Å²) in [5.74, 6) is -0.470. The standard InChI is InChI=1S/C19H19F3N2O3/c1-26-17-16(19(20,21)22)11-15(12-24-17)9-5-6-10-23-18(25)27-13-14-7-3-2-4-8-14/h2-5,7-9,11-12H,6,10,13H2,1H3,(H,23,25). The van der Waals surface area contributed by atoms with Gasteiger partial charge in [-0.1, -0.05) is 42.5 Å². The summed E-state index contributed by atoms with van der Waals surface area (Å²) in [6.45, 7) is 0.458. The fraction of sp³-hybridized carbons (Fsp3) is 0.263. The van der Waals surface area contributed by atoms with Crippen molar-refractivity contribution in [3.05, 3.63) is 65.4 Å². The van der Waals surface area contributed by atoms with E-state index in [9.17, 15) is 18.0 Å². The number of halogens is 3. The first-order chi connectivity index (χ1) is 12.9. The quantitative estimate of drug-likeness (QED) is 0.722. The maximum atomic E-state index is 12.9. The summed E-state index contributed by atoms with van der Waals surface area (Å²) in [4.78, 5) is 15.2. The highest BCUT2D eigenvalue weighted by molar-refractivity contribution is 5.67. The molecule has 1 heterocycles. The third-order valence-corrected chi connectivity index (χ3v) is 3.47. The Bertz CT molecular complexity index is 778. The Labute approximate surface area is 154 Å². The molecule has 0 aliphatic heterocycles. The monoisotopic (exact) mass is 380 g/mol. The molecule has 2 aromatic rings. The summed E-state index contributed by atoms with van der Waals surface area (Å²) in [5.41, 5.74) is 0.226. The number of amides is 1. The Balaban J connectivity index is 1.78. The number of aromatic nitrogens is 1. The molecule has 0 radical (unpaired) electrons. The molecule has 2 rings (SSSR count). The summed E-state index contributed by atoms with van der Waals surface area (Å²) in [7, 11) is 1.13. The minimum Gasteiger partial charge on any atom is -0.481 e. The molecule has 0 saturated carbocycles. The van der Waals surface area contributed by atoms with E-state index in [-0.39, 0.29) is 12.2 Å². The molecular weight excluding hydrogens is 361 g/mol. The van der Waals surface area contributed by atoms with Gasteiger partial charge in [-0.2, -0.15) is 13.2 Å². The fourth-order valence-corrected chi connectivity index (χ4v) is 2.18. The van der Waals surface area contributed by atoms with Crippen LogP contribution in [0.15, 0.2) is 48.7 Å². The summed E-state index contributed by atoms with van der Waals surface area (Å²) in [6.07, 6.45) is -0.260. The van der Waals surface area contributed by atoms with Crippen LogP contribution in [0.4, 0.5) is 18.0 Å². The van der Waals surface area contributed by atoms with E-state index in [4.69, 9.17) is 4.74 Å². The normalized spacial score (nSPS) is 11.4. The molecule has 0 atom stereocenters. The average Bonchev–Trinajstić information content (AvgIpc) is 2.66. The molecule has 1 aromatic heterocycles. The van der Waals surface area contributed by atoms with E-state index in [1.807, 2.05) is 30.3 Å². The third kappa shape index (κ3) is 6.65. The van der Waals surface area contributed by atoms with Gasteiger partial charge in [-0.15, -0.1) is 0 Å². The molecule has 144 valence electrons. The predicted octanol–water partition coefficient (Wildman–Crippen LogP) is 4.44. The second kappa shape index (κ2) is 9.61. The van der Waals surface area contributed by atoms with Crippen molar-refractivity contribution in [1.29, 1.82) is 0 Å². The van der Waals surface area contributed by atoms with Gasteiger partial charge in [0.2, 0.25) is 5.88 Å². The highest BCUT2D eigenvalue weighted by Gasteiger charge is 2.35. The maximum Gasteiger partial charge on any atom is 0.421 e. The molecule has 0 bridgehead atoms. The van der Waals surface area contributed by atoms with Gasteiger partial charge in [0.15, 0.2) is 0 Å². The van der Waals surface area contributed by atoms with Crippen LogP contribution in [0.3, 0.4) is 0 Å². The molecule has 27 heavy (non-hydrogen) atoms. The van der Waals surface area contributed by atoms with Crippen LogP contribution >= 0.6 is 0 Å². The van der Waals surface area contributed by atoms with Gasteiger partial charge >= 0.3 is 12.3 Å². The number of carbonyl (C=O) groups excluding carboxylic acids is 1. The lowest BCUT2D eigenvalue weighted by Crippen LogP contribution is -2.24. The Hall–Kier alpha value is -3.03. The molecule has 0 spiro atoms. The van der Waals surface area contributed by atoms with Crippen molar-refractivity contribution >= 4 is 12.2 Å². The van der Waals surface area contributed by atoms with Gasteiger partial charge in [0.25, 0.3) is 0 Å². The van der Waals surface area contributed by atoms with Crippen LogP contribution in [0.2, 0.25) is 0 Å². The molecule has 0 aliphatic rings. The van der Waals surface area contributed by atoms with E-state index in [1.165, 1.54) is 12.3 Å². The molecule has 1 amide bonds. The van der Waals surface area contributed by atoms with Gasteiger partial charge in [0, 0.05) is 12.7 Å². The number of benzene rings is 1. The molecule has 0 aliphatic carbocycles. The summed E-state index contributed by atoms with van der Waals surface area (Å²) in [6, 6.07) is 10.2. The van der Waals surface area contributed by atoms with Crippen LogP contribution in [-0.4, -0.2) is 24.7 Å². The number of hydrogen-bond donors (Lipinski definition) is 1. The predicted molar refractivity (Wildman–Crippen MR) is 94.1 cm³/mol. The fourth-order valence-electron chi connectivity index (χ4n) is 2.18. The first-order valence-electron chi connectivity index (χ1n) is 8.12. The lowest BCUT2D eigenvalue weighted by molar-refractivity contribution is -0.139. The van der Waals surface area contributed by atoms with Gasteiger partial charge < -0.3 is 14.8 Å². The van der Waals surface area contributed by atoms with E-state index in [0.29, 0.717) is 13.0 Å². The number of nitrogens with zero attached hydrogens (tertiary/aromatic N) is 1. The minimum atomic E-state index is -4.55. The molecule has 5 nitrogen and oxygen atoms in total. The van der Waals surface area contributed by atoms with Gasteiger partial charge in [-0.25, -0.2) is 9.78 Å². The molecule has 1 N–H and O–H groups in total. The summed E-state index contributed by atoms with van der Waals surface area (Å²) in [5, 5.41) is 2.57. The topological polar surface area (TPSA) is 60.5 Å². The zero-order chi connectivity index (χ0) is 19.7. The van der Waals surface area contributed by atoms with E-state index in [1.54, 1.807) is 6.08 Å². The molecular formula is C19H19F3N2O3. The van der Waals surface area contributed by atoms with Crippen LogP contribution in [0.25, 0.3) is 6.08 Å². The number of hydrogen-bond acceptors (Lipinski definition) is 4. The van der Waals surface area contributed by atoms with E-state index in [2.05, 4.69) is 15.0 Å². The van der Waals surface area contributed by atoms with E-state index in [0.717, 1.165) is 18.7 Å². The highest BCUT2D eigenvalue weighted by atomic mass is 19.4. The van der Waals surface area contributed by atoms with Crippen LogP contribution in [0, 0.1) is 0 Å². The molecule has 8 heteroatoms. The number of alkyl carbamates (subject to hydrolysis) is 1. The number of methoxy groups -OCH3 is 1. The average molecular weight is 380 g/mol. The smallest absolute Gasteiger partial charge is 0.421 e. The van der Waals surface area contributed by atoms with Crippen molar-refractivity contribution < 1.29 is 27.4 Å². The number of nitrogens with one attached hydrogen (secondary N) is 1. The molecule has 0 unspecified atom stereocenters. The first-order valence-corrected chi connectivity index (χ1v) is 8.12. The third-order valence-electron chi connectivity index (χ3n) is 3.47. The largest absolute Gasteiger partial charge is 0.481 e. The lowest BCUT2D eigenvalue weighted by atomic mass is 10.1. The van der Waals surface area contributed by atoms with Crippen molar-refractivity contribution in [3.63, 3.8) is 0 Å². The zero-order valence-corrected chi connectivity index (χ0v) is 14.6. The Morgan fingerprint density at radius 2 is 2.00 bits per heavy atom. The zero-order valence-electron chi connectivity index (χ0n) is 14.6. The van der Waals surface area contributed by atoms with Gasteiger partial charge in [-0.05, 0) is 23.6 Å². The highest BCUT2D eigenvalue weighted by Crippen LogP contribution is 2.35. The SMILES string of the molecule is COc1ncc(C=CCCNC(=O)OCc2ccccc2)cc1C(F)(F)F. The number of ether oxygens (including phenoxy) is 2. The van der Waals surface area contributed by atoms with E-state index >= 15 is 0 Å². The van der Waals surface area contributed by atoms with Crippen LogP contribution in [0.1, 0.15) is 23.1 Å². The van der Waals surface area contributed by atoms with Crippen molar-refractivity contribution in [2.75, 3.05) is 13.7 Å². The number of alkyl halides is 3. The van der Waals surface area contributed by atoms with Crippen molar-refractivity contribution in [3.8, 4) is 5.88 Å². The Morgan fingerprint density at radius 1 is 1.26 bits per heavy atom. The summed E-state index contributed by atoms with van der Waals surface area (Å²) >= 11 is 0. The van der Waals surface area contributed by atoms with Crippen molar-refractivity contribution in [1.82, 2.24) is 10.3 Å². The Morgan fingerprint density at radius 3 is 2.67 bits per heavy atom. The van der Waals surface area contributed by atoms with Crippen LogP contribution < -0.4 is 10.1 Å². The molecule has 0 fully saturated rings. The minimum absolute atomic E-state index is 0.167. The maximum absolute atomic E-state index is 12.9. The van der Waals surface area contributed by atoms with E-state index < -0.39 is 23.7 Å². The Kier molecular flexibility index (Phi) is 7.22. The molecule has 0 saturated heterocycles. The number of pyridine rings is 1. The van der Waals surface area contributed by atoms with Crippen molar-refractivity contribution in [2.24, 2.45) is 0 Å². The molecule has 1 aromatic carbocycles.